The Morgan fingerprint density at radius 2 is 2.05 bits per heavy atom. The van der Waals surface area contributed by atoms with Crippen LogP contribution >= 0.6 is 11.3 Å². The van der Waals surface area contributed by atoms with E-state index in [9.17, 15) is 0 Å². The number of rotatable bonds is 6. The maximum Gasteiger partial charge on any atom is 0.0900 e. The lowest BCUT2D eigenvalue weighted by Gasteiger charge is -2.09. The summed E-state index contributed by atoms with van der Waals surface area (Å²) in [5.74, 6) is 0. The summed E-state index contributed by atoms with van der Waals surface area (Å²) in [5, 5.41) is 1.13. The quantitative estimate of drug-likeness (QED) is 0.740. The molecule has 3 heteroatoms. The van der Waals surface area contributed by atoms with E-state index in [0.717, 1.165) is 5.01 Å². The van der Waals surface area contributed by atoms with Gasteiger partial charge in [-0.1, -0.05) is 24.3 Å². The maximum atomic E-state index is 4.33. The SMILES string of the molecule is Cc1ncc(-c2cccc(CCCCN(C)C)c2)s1. The second-order valence-corrected chi connectivity index (χ2v) is 6.44. The molecule has 102 valence electrons. The Kier molecular flexibility index (Phi) is 5.11. The molecular weight excluding hydrogens is 252 g/mol. The van der Waals surface area contributed by atoms with Crippen LogP contribution in [0.15, 0.2) is 30.5 Å². The molecule has 0 atom stereocenters. The minimum absolute atomic E-state index is 1.13. The van der Waals surface area contributed by atoms with Gasteiger partial charge >= 0.3 is 0 Å². The predicted octanol–water partition coefficient (Wildman–Crippen LogP) is 4.00. The minimum atomic E-state index is 1.13. The molecule has 2 aromatic rings. The molecule has 2 nitrogen and oxygen atoms in total. The van der Waals surface area contributed by atoms with E-state index in [1.165, 1.54) is 41.8 Å². The third kappa shape index (κ3) is 4.44. The largest absolute Gasteiger partial charge is 0.309 e. The number of hydrogen-bond donors (Lipinski definition) is 0. The third-order valence-electron chi connectivity index (χ3n) is 3.15. The molecule has 0 aliphatic heterocycles. The van der Waals surface area contributed by atoms with Crippen molar-refractivity contribution in [3.05, 3.63) is 41.0 Å². The molecule has 1 aromatic carbocycles. The standard InChI is InChI=1S/C16H22N2S/c1-13-17-12-16(19-13)15-9-6-8-14(11-15)7-4-5-10-18(2)3/h6,8-9,11-12H,4-5,7,10H2,1-3H3. The van der Waals surface area contributed by atoms with Crippen molar-refractivity contribution in [2.45, 2.75) is 26.2 Å². The summed E-state index contributed by atoms with van der Waals surface area (Å²) in [7, 11) is 4.26. The average Bonchev–Trinajstić information content (AvgIpc) is 2.82. The van der Waals surface area contributed by atoms with Gasteiger partial charge in [0.2, 0.25) is 0 Å². The Hall–Kier alpha value is -1.19. The molecule has 0 aliphatic rings. The minimum Gasteiger partial charge on any atom is -0.309 e. The lowest BCUT2D eigenvalue weighted by Crippen LogP contribution is -2.12. The van der Waals surface area contributed by atoms with Crippen molar-refractivity contribution in [3.63, 3.8) is 0 Å². The van der Waals surface area contributed by atoms with Gasteiger partial charge in [-0.2, -0.15) is 0 Å². The van der Waals surface area contributed by atoms with Gasteiger partial charge in [0.05, 0.1) is 9.88 Å². The van der Waals surface area contributed by atoms with E-state index in [4.69, 9.17) is 0 Å². The van der Waals surface area contributed by atoms with Crippen molar-refractivity contribution >= 4 is 11.3 Å². The van der Waals surface area contributed by atoms with E-state index in [-0.39, 0.29) is 0 Å². The lowest BCUT2D eigenvalue weighted by molar-refractivity contribution is 0.394. The van der Waals surface area contributed by atoms with Crippen LogP contribution in [0.2, 0.25) is 0 Å². The number of aryl methyl sites for hydroxylation is 2. The number of nitrogens with zero attached hydrogens (tertiary/aromatic N) is 2. The highest BCUT2D eigenvalue weighted by molar-refractivity contribution is 7.15. The molecule has 0 spiro atoms. The van der Waals surface area contributed by atoms with Gasteiger partial charge in [-0.25, -0.2) is 4.98 Å². The molecule has 0 bridgehead atoms. The van der Waals surface area contributed by atoms with E-state index in [2.05, 4.69) is 55.2 Å². The molecule has 0 saturated heterocycles. The summed E-state index contributed by atoms with van der Waals surface area (Å²) in [6.07, 6.45) is 5.66. The number of benzene rings is 1. The first-order valence-electron chi connectivity index (χ1n) is 6.81. The van der Waals surface area contributed by atoms with Gasteiger partial charge < -0.3 is 4.90 Å². The van der Waals surface area contributed by atoms with Crippen LogP contribution in [-0.2, 0) is 6.42 Å². The van der Waals surface area contributed by atoms with Gasteiger partial charge in [-0.05, 0) is 58.0 Å². The van der Waals surface area contributed by atoms with Crippen LogP contribution in [0.25, 0.3) is 10.4 Å². The highest BCUT2D eigenvalue weighted by Crippen LogP contribution is 2.26. The summed E-state index contributed by atoms with van der Waals surface area (Å²) in [5.41, 5.74) is 2.73. The van der Waals surface area contributed by atoms with Crippen molar-refractivity contribution in [3.8, 4) is 10.4 Å². The molecule has 0 amide bonds. The zero-order valence-corrected chi connectivity index (χ0v) is 12.8. The first kappa shape index (κ1) is 14.2. The fourth-order valence-corrected chi connectivity index (χ4v) is 2.91. The molecule has 2 rings (SSSR count). The number of aromatic nitrogens is 1. The lowest BCUT2D eigenvalue weighted by atomic mass is 10.0. The maximum absolute atomic E-state index is 4.33. The van der Waals surface area contributed by atoms with Crippen LogP contribution in [0, 0.1) is 6.92 Å². The van der Waals surface area contributed by atoms with Gasteiger partial charge in [0.25, 0.3) is 0 Å². The van der Waals surface area contributed by atoms with Gasteiger partial charge in [-0.3, -0.25) is 0 Å². The van der Waals surface area contributed by atoms with Gasteiger partial charge in [0, 0.05) is 6.20 Å². The van der Waals surface area contributed by atoms with Crippen molar-refractivity contribution in [1.29, 1.82) is 0 Å². The first-order valence-corrected chi connectivity index (χ1v) is 7.63. The first-order chi connectivity index (χ1) is 9.15. The van der Waals surface area contributed by atoms with Crippen molar-refractivity contribution in [1.82, 2.24) is 9.88 Å². The molecule has 1 aromatic heterocycles. The zero-order chi connectivity index (χ0) is 13.7. The molecule has 0 radical (unpaired) electrons. The number of hydrogen-bond acceptors (Lipinski definition) is 3. The zero-order valence-electron chi connectivity index (χ0n) is 12.0. The van der Waals surface area contributed by atoms with Crippen molar-refractivity contribution in [2.24, 2.45) is 0 Å². The molecule has 0 unspecified atom stereocenters. The van der Waals surface area contributed by atoms with Crippen LogP contribution in [-0.4, -0.2) is 30.5 Å². The monoisotopic (exact) mass is 274 g/mol. The second-order valence-electron chi connectivity index (χ2n) is 5.20. The van der Waals surface area contributed by atoms with E-state index in [0.29, 0.717) is 0 Å². The van der Waals surface area contributed by atoms with Crippen LogP contribution in [0.5, 0.6) is 0 Å². The summed E-state index contributed by atoms with van der Waals surface area (Å²) in [6, 6.07) is 8.87. The van der Waals surface area contributed by atoms with Crippen molar-refractivity contribution < 1.29 is 0 Å². The van der Waals surface area contributed by atoms with E-state index < -0.39 is 0 Å². The Bertz CT molecular complexity index is 517. The van der Waals surface area contributed by atoms with Crippen molar-refractivity contribution in [2.75, 3.05) is 20.6 Å². The summed E-state index contributed by atoms with van der Waals surface area (Å²) in [6.45, 7) is 3.23. The highest BCUT2D eigenvalue weighted by atomic mass is 32.1. The molecule has 19 heavy (non-hydrogen) atoms. The smallest absolute Gasteiger partial charge is 0.0900 e. The van der Waals surface area contributed by atoms with Crippen LogP contribution in [0.4, 0.5) is 0 Å². The van der Waals surface area contributed by atoms with Crippen LogP contribution in [0.3, 0.4) is 0 Å². The number of unbranched alkanes of at least 4 members (excludes halogenated alkanes) is 1. The Balaban J connectivity index is 1.96. The van der Waals surface area contributed by atoms with Gasteiger partial charge in [0.1, 0.15) is 0 Å². The van der Waals surface area contributed by atoms with Gasteiger partial charge in [0.15, 0.2) is 0 Å². The molecule has 1 heterocycles. The molecular formula is C16H22N2S. The fourth-order valence-electron chi connectivity index (χ4n) is 2.13. The Morgan fingerprint density at radius 1 is 1.21 bits per heavy atom. The predicted molar refractivity (Wildman–Crippen MR) is 83.8 cm³/mol. The molecule has 0 fully saturated rings. The second kappa shape index (κ2) is 6.83. The van der Waals surface area contributed by atoms with Crippen LogP contribution in [0.1, 0.15) is 23.4 Å². The molecule has 0 aliphatic carbocycles. The van der Waals surface area contributed by atoms with Crippen LogP contribution < -0.4 is 0 Å². The number of thiazole rings is 1. The molecule has 0 N–H and O–H groups in total. The third-order valence-corrected chi connectivity index (χ3v) is 4.12. The summed E-state index contributed by atoms with van der Waals surface area (Å²) < 4.78 is 0. The average molecular weight is 274 g/mol. The Labute approximate surface area is 120 Å². The summed E-state index contributed by atoms with van der Waals surface area (Å²) in [4.78, 5) is 7.85. The molecule has 0 saturated carbocycles. The summed E-state index contributed by atoms with van der Waals surface area (Å²) >= 11 is 1.76. The fraction of sp³-hybridized carbons (Fsp3) is 0.438. The van der Waals surface area contributed by atoms with E-state index in [1.54, 1.807) is 11.3 Å². The van der Waals surface area contributed by atoms with E-state index in [1.807, 2.05) is 6.20 Å². The van der Waals surface area contributed by atoms with Gasteiger partial charge in [-0.15, -0.1) is 11.3 Å². The Morgan fingerprint density at radius 3 is 2.74 bits per heavy atom. The normalized spacial score (nSPS) is 11.2. The highest BCUT2D eigenvalue weighted by Gasteiger charge is 2.03. The van der Waals surface area contributed by atoms with E-state index >= 15 is 0 Å². The topological polar surface area (TPSA) is 16.1 Å².